The van der Waals surface area contributed by atoms with E-state index in [1.54, 1.807) is 0 Å². The van der Waals surface area contributed by atoms with Gasteiger partial charge < -0.3 is 9.47 Å². The van der Waals surface area contributed by atoms with Crippen LogP contribution >= 0.6 is 12.3 Å². The number of hydrogen-bond donors (Lipinski definition) is 0. The first-order valence-corrected chi connectivity index (χ1v) is 7.43. The Kier molecular flexibility index (Phi) is 4.81. The van der Waals surface area contributed by atoms with E-state index in [0.717, 1.165) is 0 Å². The summed E-state index contributed by atoms with van der Waals surface area (Å²) in [6.07, 6.45) is -4.86. The number of alkyl halides is 1. The molecule has 0 N–H and O–H groups in total. The van der Waals surface area contributed by atoms with Crippen LogP contribution in [0.3, 0.4) is 0 Å². The molecule has 0 saturated carbocycles. The Morgan fingerprint density at radius 1 is 1.42 bits per heavy atom. The average molecular weight is 322 g/mol. The molecule has 2 saturated heterocycles. The summed E-state index contributed by atoms with van der Waals surface area (Å²) in [5, 5.41) is 0. The van der Waals surface area contributed by atoms with Gasteiger partial charge in [-0.3, -0.25) is 8.37 Å². The molecule has 3 atom stereocenters. The molecular formula is C7H11FO9S2. The van der Waals surface area contributed by atoms with Crippen molar-refractivity contribution in [3.05, 3.63) is 0 Å². The summed E-state index contributed by atoms with van der Waals surface area (Å²) >= 11 is -0.619. The second-order valence-corrected chi connectivity index (χ2v) is 5.83. The number of halogens is 1. The van der Waals surface area contributed by atoms with Crippen LogP contribution in [0.15, 0.2) is 0 Å². The Morgan fingerprint density at radius 2 is 2.21 bits per heavy atom. The van der Waals surface area contributed by atoms with Crippen LogP contribution in [0.2, 0.25) is 0 Å². The lowest BCUT2D eigenvalue weighted by molar-refractivity contribution is -0.219. The van der Waals surface area contributed by atoms with Crippen LogP contribution in [0.5, 0.6) is 0 Å². The molecule has 2 fully saturated rings. The van der Waals surface area contributed by atoms with E-state index in [2.05, 4.69) is 22.9 Å². The number of hydrogen-bond acceptors (Lipinski definition) is 9. The molecule has 12 heteroatoms. The molecule has 2 rings (SSSR count). The second-order valence-electron chi connectivity index (χ2n) is 3.58. The normalized spacial score (nSPS) is 34.2. The highest BCUT2D eigenvalue weighted by atomic mass is 32.2. The van der Waals surface area contributed by atoms with Crippen molar-refractivity contribution in [1.29, 1.82) is 0 Å². The van der Waals surface area contributed by atoms with Crippen LogP contribution in [0.4, 0.5) is 9.18 Å². The summed E-state index contributed by atoms with van der Waals surface area (Å²) in [5.41, 5.74) is 0. The SMILES string of the molecule is O=C1OC(F)C(COO[SH2]OC2COS(=O)(=O)C2)O1. The van der Waals surface area contributed by atoms with Gasteiger partial charge in [-0.05, 0) is 0 Å². The fraction of sp³-hybridized carbons (Fsp3) is 0.857. The summed E-state index contributed by atoms with van der Waals surface area (Å²) in [6.45, 7) is -0.456. The number of cyclic esters (lactones) is 2. The minimum atomic E-state index is -3.51. The van der Waals surface area contributed by atoms with Gasteiger partial charge in [0.2, 0.25) is 0 Å². The minimum absolute atomic E-state index is 0.0840. The highest BCUT2D eigenvalue weighted by molar-refractivity contribution is 7.90. The number of ether oxygens (including phenoxy) is 2. The zero-order valence-electron chi connectivity index (χ0n) is 9.31. The topological polar surface area (TPSA) is 107 Å². The van der Waals surface area contributed by atoms with Gasteiger partial charge >= 0.3 is 6.16 Å². The lowest BCUT2D eigenvalue weighted by Gasteiger charge is -2.12. The van der Waals surface area contributed by atoms with Crippen molar-refractivity contribution in [3.8, 4) is 0 Å². The van der Waals surface area contributed by atoms with Gasteiger partial charge in [-0.1, -0.05) is 0 Å². The van der Waals surface area contributed by atoms with Gasteiger partial charge in [0.25, 0.3) is 16.5 Å². The predicted molar refractivity (Wildman–Crippen MR) is 58.3 cm³/mol. The van der Waals surface area contributed by atoms with Crippen molar-refractivity contribution in [3.63, 3.8) is 0 Å². The van der Waals surface area contributed by atoms with E-state index in [-0.39, 0.29) is 19.0 Å². The van der Waals surface area contributed by atoms with Gasteiger partial charge in [0, 0.05) is 0 Å². The maximum Gasteiger partial charge on any atom is 0.511 e. The molecule has 0 bridgehead atoms. The van der Waals surface area contributed by atoms with Gasteiger partial charge in [-0.15, -0.1) is 4.33 Å². The summed E-state index contributed by atoms with van der Waals surface area (Å²) in [5.74, 6) is -0.260. The highest BCUT2D eigenvalue weighted by Gasteiger charge is 2.37. The molecule has 2 aliphatic heterocycles. The summed E-state index contributed by atoms with van der Waals surface area (Å²) in [4.78, 5) is 15.1. The molecule has 19 heavy (non-hydrogen) atoms. The Labute approximate surface area is 111 Å². The van der Waals surface area contributed by atoms with Gasteiger partial charge in [0.1, 0.15) is 18.5 Å². The zero-order valence-corrected chi connectivity index (χ0v) is 11.1. The van der Waals surface area contributed by atoms with E-state index in [1.165, 1.54) is 0 Å². The van der Waals surface area contributed by atoms with Crippen molar-refractivity contribution in [2.75, 3.05) is 19.0 Å². The number of carbonyl (C=O) groups is 1. The van der Waals surface area contributed by atoms with Gasteiger partial charge in [-0.25, -0.2) is 9.68 Å². The van der Waals surface area contributed by atoms with Crippen LogP contribution in [-0.4, -0.2) is 52.1 Å². The summed E-state index contributed by atoms with van der Waals surface area (Å²) in [7, 11) is -3.51. The van der Waals surface area contributed by atoms with E-state index in [4.69, 9.17) is 4.18 Å². The number of carbonyl (C=O) groups excluding carboxylic acids is 1. The first-order chi connectivity index (χ1) is 8.96. The predicted octanol–water partition coefficient (Wildman–Crippen LogP) is -0.461. The quantitative estimate of drug-likeness (QED) is 0.211. The molecule has 2 aliphatic rings. The maximum absolute atomic E-state index is 12.9. The first kappa shape index (κ1) is 14.7. The molecule has 2 heterocycles. The highest BCUT2D eigenvalue weighted by Crippen LogP contribution is 2.20. The molecule has 0 aliphatic carbocycles. The van der Waals surface area contributed by atoms with Crippen molar-refractivity contribution in [1.82, 2.24) is 0 Å². The second kappa shape index (κ2) is 6.19. The maximum atomic E-state index is 12.9. The monoisotopic (exact) mass is 322 g/mol. The first-order valence-electron chi connectivity index (χ1n) is 5.04. The average Bonchev–Trinajstić information content (AvgIpc) is 2.81. The van der Waals surface area contributed by atoms with Crippen LogP contribution in [0, 0.1) is 0 Å². The standard InChI is InChI=1S/C7H11FO9S2/c8-6-5(14-7(9)15-6)2-12-17-18-16-4-1-13-19(10,11)3-4/h4-6H,1-3,18H2. The third-order valence-corrected chi connectivity index (χ3v) is 4.00. The summed E-state index contributed by atoms with van der Waals surface area (Å²) in [6, 6.07) is 0. The van der Waals surface area contributed by atoms with Gasteiger partial charge in [0.15, 0.2) is 6.10 Å². The van der Waals surface area contributed by atoms with Crippen LogP contribution < -0.4 is 0 Å². The van der Waals surface area contributed by atoms with Crippen molar-refractivity contribution < 1.29 is 44.7 Å². The van der Waals surface area contributed by atoms with E-state index in [0.29, 0.717) is 0 Å². The zero-order chi connectivity index (χ0) is 13.9. The summed E-state index contributed by atoms with van der Waals surface area (Å²) < 4.78 is 57.1. The van der Waals surface area contributed by atoms with E-state index in [1.807, 2.05) is 0 Å². The molecule has 0 aromatic carbocycles. The fourth-order valence-electron chi connectivity index (χ4n) is 1.27. The Bertz CT molecular complexity index is 426. The fourth-order valence-corrected chi connectivity index (χ4v) is 2.91. The van der Waals surface area contributed by atoms with Crippen LogP contribution in [0.1, 0.15) is 0 Å². The number of rotatable bonds is 6. The molecule has 0 spiro atoms. The largest absolute Gasteiger partial charge is 0.511 e. The van der Waals surface area contributed by atoms with Crippen LogP contribution in [-0.2, 0) is 37.2 Å². The van der Waals surface area contributed by atoms with Gasteiger partial charge in [0.05, 0.1) is 6.61 Å². The Morgan fingerprint density at radius 3 is 2.79 bits per heavy atom. The molecule has 0 aromatic heterocycles. The van der Waals surface area contributed by atoms with Crippen LogP contribution in [0.25, 0.3) is 0 Å². The Hall–Kier alpha value is -0.660. The van der Waals surface area contributed by atoms with E-state index < -0.39 is 47.2 Å². The van der Waals surface area contributed by atoms with Crippen molar-refractivity contribution in [2.45, 2.75) is 18.6 Å². The lowest BCUT2D eigenvalue weighted by atomic mass is 10.4. The lowest BCUT2D eigenvalue weighted by Crippen LogP contribution is -2.23. The van der Waals surface area contributed by atoms with E-state index in [9.17, 15) is 17.6 Å². The molecule has 9 nitrogen and oxygen atoms in total. The van der Waals surface area contributed by atoms with E-state index >= 15 is 0 Å². The smallest absolute Gasteiger partial charge is 0.421 e. The minimum Gasteiger partial charge on any atom is -0.421 e. The Balaban J connectivity index is 1.54. The van der Waals surface area contributed by atoms with Gasteiger partial charge in [-0.2, -0.15) is 25.1 Å². The van der Waals surface area contributed by atoms with Crippen molar-refractivity contribution >= 4 is 28.6 Å². The molecule has 0 amide bonds. The molecule has 3 unspecified atom stereocenters. The third-order valence-electron chi connectivity index (χ3n) is 2.11. The van der Waals surface area contributed by atoms with Crippen molar-refractivity contribution in [2.24, 2.45) is 0 Å². The molecular weight excluding hydrogens is 311 g/mol. The molecule has 112 valence electrons. The molecule has 0 aromatic rings. The molecule has 0 radical (unpaired) electrons. The third kappa shape index (κ3) is 4.43.